The van der Waals surface area contributed by atoms with Crippen molar-refractivity contribution in [1.29, 1.82) is 0 Å². The average molecular weight is 1120 g/mol. The van der Waals surface area contributed by atoms with E-state index in [-0.39, 0.29) is 37.0 Å². The Bertz CT molecular complexity index is 2030. The first-order valence-corrected chi connectivity index (χ1v) is 30.4. The van der Waals surface area contributed by atoms with E-state index in [1.165, 1.54) is 51.4 Å². The molecule has 2 N–H and O–H groups in total. The van der Waals surface area contributed by atoms with Gasteiger partial charge in [0, 0.05) is 51.9 Å². The van der Waals surface area contributed by atoms with Crippen LogP contribution in [0, 0.1) is 0 Å². The van der Waals surface area contributed by atoms with Gasteiger partial charge < -0.3 is 39.0 Å². The van der Waals surface area contributed by atoms with E-state index in [1.54, 1.807) is 9.80 Å². The fourth-order valence-corrected chi connectivity index (χ4v) is 8.45. The molecule has 2 rings (SSSR count). The van der Waals surface area contributed by atoms with E-state index in [9.17, 15) is 28.8 Å². The highest BCUT2D eigenvalue weighted by Crippen LogP contribution is 2.19. The van der Waals surface area contributed by atoms with Gasteiger partial charge >= 0.3 is 36.1 Å². The third kappa shape index (κ3) is 43.2. The van der Waals surface area contributed by atoms with Crippen molar-refractivity contribution in [2.24, 2.45) is 0 Å². The highest BCUT2D eigenvalue weighted by Gasteiger charge is 2.24. The number of rotatable bonds is 42. The SMILES string of the molecule is CC(C)(C)OC(=O)N(CCCCCCCC(=O)O)Cc1ccc(CCCC(=O)O)cc1.CCCCCC/C=C\COC(=O)CCCCCCCN(Cc1ccc(CCCC(=O)OC/C=C\CCCCCC)cc1)C(=O)OC(C)(C)C. The van der Waals surface area contributed by atoms with E-state index in [1.807, 2.05) is 78.0 Å². The van der Waals surface area contributed by atoms with Gasteiger partial charge in [0.2, 0.25) is 0 Å². The van der Waals surface area contributed by atoms with Gasteiger partial charge in [-0.3, -0.25) is 19.2 Å². The van der Waals surface area contributed by atoms with Crippen LogP contribution in [0.3, 0.4) is 0 Å². The summed E-state index contributed by atoms with van der Waals surface area (Å²) in [5, 5.41) is 17.4. The van der Waals surface area contributed by atoms with E-state index >= 15 is 0 Å². The molecule has 0 spiro atoms. The number of unbranched alkanes of at least 4 members (excludes halogenated alkanes) is 16. The van der Waals surface area contributed by atoms with Gasteiger partial charge in [-0.15, -0.1) is 0 Å². The lowest BCUT2D eigenvalue weighted by Gasteiger charge is -2.27. The summed E-state index contributed by atoms with van der Waals surface area (Å²) in [6.45, 7) is 18.4. The number of carboxylic acids is 2. The third-order valence-electron chi connectivity index (χ3n) is 12.9. The predicted octanol–water partition coefficient (Wildman–Crippen LogP) is 16.5. The summed E-state index contributed by atoms with van der Waals surface area (Å²) in [5.41, 5.74) is 3.14. The molecule has 0 aliphatic heterocycles. The molecule has 14 nitrogen and oxygen atoms in total. The molecule has 0 aliphatic rings. The zero-order valence-electron chi connectivity index (χ0n) is 50.8. The smallest absolute Gasteiger partial charge is 0.410 e. The summed E-state index contributed by atoms with van der Waals surface area (Å²) in [6, 6.07) is 16.2. The Morgan fingerprint density at radius 2 is 0.738 bits per heavy atom. The van der Waals surface area contributed by atoms with Crippen molar-refractivity contribution in [3.63, 3.8) is 0 Å². The Labute approximate surface area is 482 Å². The van der Waals surface area contributed by atoms with Crippen LogP contribution < -0.4 is 0 Å². The number of allylic oxidation sites excluding steroid dienone is 2. The second kappa shape index (κ2) is 45.0. The monoisotopic (exact) mass is 1120 g/mol. The van der Waals surface area contributed by atoms with Crippen molar-refractivity contribution in [3.05, 3.63) is 95.1 Å². The van der Waals surface area contributed by atoms with Crippen LogP contribution in [0.5, 0.6) is 0 Å². The molecule has 80 heavy (non-hydrogen) atoms. The molecule has 0 atom stereocenters. The number of carbonyl (C=O) groups is 6. The van der Waals surface area contributed by atoms with Crippen molar-refractivity contribution in [1.82, 2.24) is 9.80 Å². The summed E-state index contributed by atoms with van der Waals surface area (Å²) < 4.78 is 21.9. The Morgan fingerprint density at radius 1 is 0.412 bits per heavy atom. The Kier molecular flexibility index (Phi) is 40.7. The van der Waals surface area contributed by atoms with E-state index in [4.69, 9.17) is 29.2 Å². The standard InChI is InChI=1S/C42H69NO6.C24H37NO6/c1-6-8-10-12-14-19-23-34-47-39(44)27-21-17-16-18-22-33-43(41(46)49-42(3,4)5)36-38-31-29-37(30-32-38)26-25-28-40(45)48-35-24-20-15-13-11-9-7-2;1-24(2,3)31-23(30)25(17-8-6-4-5-7-11-21(26)27)18-20-15-13-19(14-16-20)10-9-12-22(28)29/h19-20,23-24,29-32H,6-18,21-22,25-28,33-36H2,1-5H3;13-16H,4-12,17-18H2,1-3H3,(H,26,27)(H,28,29)/b23-19-,24-20-;. The number of nitrogens with zero attached hydrogens (tertiary/aromatic N) is 2. The molecule has 0 aliphatic carbocycles. The summed E-state index contributed by atoms with van der Waals surface area (Å²) in [5.74, 6) is -1.84. The van der Waals surface area contributed by atoms with E-state index in [0.717, 1.165) is 106 Å². The lowest BCUT2D eigenvalue weighted by atomic mass is 10.1. The fourth-order valence-electron chi connectivity index (χ4n) is 8.45. The van der Waals surface area contributed by atoms with E-state index in [2.05, 4.69) is 50.3 Å². The van der Waals surface area contributed by atoms with Crippen LogP contribution in [0.25, 0.3) is 0 Å². The zero-order valence-corrected chi connectivity index (χ0v) is 50.8. The van der Waals surface area contributed by atoms with Gasteiger partial charge in [-0.1, -0.05) is 164 Å². The van der Waals surface area contributed by atoms with Crippen LogP contribution in [-0.2, 0) is 64.1 Å². The zero-order chi connectivity index (χ0) is 59.3. The second-order valence-corrected chi connectivity index (χ2v) is 23.0. The lowest BCUT2D eigenvalue weighted by Crippen LogP contribution is -2.37. The first kappa shape index (κ1) is 72.4. The number of amides is 2. The molecule has 0 fully saturated rings. The Morgan fingerprint density at radius 3 is 1.12 bits per heavy atom. The molecule has 0 heterocycles. The van der Waals surface area contributed by atoms with Crippen molar-refractivity contribution in [3.8, 4) is 0 Å². The second-order valence-electron chi connectivity index (χ2n) is 23.0. The number of carbonyl (C=O) groups excluding carboxylic acids is 4. The minimum atomic E-state index is -0.786. The maximum absolute atomic E-state index is 13.0. The number of esters is 2. The van der Waals surface area contributed by atoms with E-state index < -0.39 is 23.1 Å². The van der Waals surface area contributed by atoms with Crippen LogP contribution in [0.15, 0.2) is 72.8 Å². The fraction of sp³-hybridized carbons (Fsp3) is 0.667. The van der Waals surface area contributed by atoms with Crippen LogP contribution in [0.1, 0.15) is 245 Å². The molecule has 0 saturated heterocycles. The summed E-state index contributed by atoms with van der Waals surface area (Å²) in [6.07, 6.45) is 32.5. The van der Waals surface area contributed by atoms with Crippen LogP contribution in [-0.4, -0.2) is 93.6 Å². The van der Waals surface area contributed by atoms with Crippen LogP contribution in [0.2, 0.25) is 0 Å². The first-order valence-electron chi connectivity index (χ1n) is 30.4. The number of aryl methyl sites for hydroxylation is 2. The molecular formula is C66H106N2O12. The molecule has 0 radical (unpaired) electrons. The normalized spacial score (nSPS) is 11.5. The van der Waals surface area contributed by atoms with Crippen molar-refractivity contribution < 1.29 is 57.9 Å². The Balaban J connectivity index is 0.000000885. The first-order chi connectivity index (χ1) is 38.2. The Hall–Kier alpha value is -5.66. The van der Waals surface area contributed by atoms with Crippen molar-refractivity contribution in [2.75, 3.05) is 26.3 Å². The predicted molar refractivity (Wildman–Crippen MR) is 320 cm³/mol. The number of aliphatic carboxylic acids is 2. The van der Waals surface area contributed by atoms with Crippen LogP contribution >= 0.6 is 0 Å². The molecule has 0 unspecified atom stereocenters. The number of carboxylic acid groups (broad SMARTS) is 2. The van der Waals surface area contributed by atoms with E-state index in [0.29, 0.717) is 71.5 Å². The lowest BCUT2D eigenvalue weighted by molar-refractivity contribution is -0.143. The van der Waals surface area contributed by atoms with Gasteiger partial charge in [0.1, 0.15) is 24.4 Å². The van der Waals surface area contributed by atoms with Gasteiger partial charge in [-0.2, -0.15) is 0 Å². The summed E-state index contributed by atoms with van der Waals surface area (Å²) in [4.78, 5) is 74.5. The molecule has 0 saturated carbocycles. The quantitative estimate of drug-likeness (QED) is 0.0278. The maximum atomic E-state index is 13.0. The molecule has 0 aromatic heterocycles. The van der Waals surface area contributed by atoms with Gasteiger partial charge in [0.15, 0.2) is 0 Å². The maximum Gasteiger partial charge on any atom is 0.410 e. The van der Waals surface area contributed by atoms with Gasteiger partial charge in [-0.05, 0) is 141 Å². The minimum absolute atomic E-state index is 0.132. The topological polar surface area (TPSA) is 186 Å². The molecule has 14 heteroatoms. The third-order valence-corrected chi connectivity index (χ3v) is 12.9. The summed E-state index contributed by atoms with van der Waals surface area (Å²) in [7, 11) is 0. The highest BCUT2D eigenvalue weighted by molar-refractivity contribution is 5.70. The van der Waals surface area contributed by atoms with Gasteiger partial charge in [0.25, 0.3) is 0 Å². The largest absolute Gasteiger partial charge is 0.481 e. The minimum Gasteiger partial charge on any atom is -0.481 e. The average Bonchev–Trinajstić information content (AvgIpc) is 3.38. The van der Waals surface area contributed by atoms with Gasteiger partial charge in [0.05, 0.1) is 0 Å². The van der Waals surface area contributed by atoms with Gasteiger partial charge in [-0.25, -0.2) is 9.59 Å². The number of ether oxygens (including phenoxy) is 4. The molecule has 0 bridgehead atoms. The molecule has 2 amide bonds. The number of hydrogen-bond donors (Lipinski definition) is 2. The molecule has 2 aromatic rings. The number of hydrogen-bond acceptors (Lipinski definition) is 10. The molecule has 452 valence electrons. The summed E-state index contributed by atoms with van der Waals surface area (Å²) >= 11 is 0. The van der Waals surface area contributed by atoms with Crippen molar-refractivity contribution >= 4 is 36.1 Å². The van der Waals surface area contributed by atoms with Crippen LogP contribution in [0.4, 0.5) is 9.59 Å². The van der Waals surface area contributed by atoms with Crippen molar-refractivity contribution in [2.45, 2.75) is 259 Å². The highest BCUT2D eigenvalue weighted by atomic mass is 16.6. The molecule has 2 aromatic carbocycles. The number of benzene rings is 2. The molecular weight excluding hydrogens is 1010 g/mol.